The average molecular weight is 395 g/mol. The van der Waals surface area contributed by atoms with Crippen molar-refractivity contribution in [3.05, 3.63) is 107 Å². The number of pyridine rings is 2. The second-order valence-electron chi connectivity index (χ2n) is 8.11. The van der Waals surface area contributed by atoms with E-state index in [1.807, 2.05) is 0 Å². The van der Waals surface area contributed by atoms with Crippen LogP contribution in [-0.4, -0.2) is 0 Å². The quantitative estimate of drug-likeness (QED) is 0.394. The molecule has 1 atom stereocenters. The van der Waals surface area contributed by atoms with E-state index in [1.54, 1.807) is 0 Å². The van der Waals surface area contributed by atoms with Crippen LogP contribution in [0.2, 0.25) is 0 Å². The summed E-state index contributed by atoms with van der Waals surface area (Å²) in [7, 11) is 2.14. The van der Waals surface area contributed by atoms with Gasteiger partial charge in [0.15, 0.2) is 17.4 Å². The van der Waals surface area contributed by atoms with Gasteiger partial charge in [-0.25, -0.2) is 0 Å². The lowest BCUT2D eigenvalue weighted by molar-refractivity contribution is -0.705. The summed E-state index contributed by atoms with van der Waals surface area (Å²) < 4.78 is 4.74. The highest BCUT2D eigenvalue weighted by Gasteiger charge is 2.28. The highest BCUT2D eigenvalue weighted by Crippen LogP contribution is 2.29. The number of hydrogen-bond acceptors (Lipinski definition) is 0. The molecular weight excluding hydrogens is 364 g/mol. The summed E-state index contributed by atoms with van der Waals surface area (Å²) >= 11 is 0. The standard InChI is InChI=1S/C28H30N2/c1-20-12-6-7-15-24(20)28-19-11-14-22(3)30(28)23(4)25-16-8-9-17-26(25)27-18-10-13-21(2)29(27)5/h6-19,23H,1-5H3/q+2. The van der Waals surface area contributed by atoms with Gasteiger partial charge in [-0.2, -0.15) is 9.13 Å². The van der Waals surface area contributed by atoms with Crippen molar-refractivity contribution in [1.29, 1.82) is 0 Å². The SMILES string of the molecule is Cc1ccccc1-c1cccc(C)[n+]1C(C)c1ccccc1-c1cccc(C)[n+]1C. The molecule has 0 N–H and O–H groups in total. The first-order valence-electron chi connectivity index (χ1n) is 10.6. The van der Waals surface area contributed by atoms with Gasteiger partial charge in [-0.3, -0.25) is 0 Å². The van der Waals surface area contributed by atoms with Crippen molar-refractivity contribution >= 4 is 0 Å². The third-order valence-corrected chi connectivity index (χ3v) is 6.21. The molecule has 0 aliphatic heterocycles. The fourth-order valence-electron chi connectivity index (χ4n) is 4.42. The van der Waals surface area contributed by atoms with E-state index in [2.05, 4.69) is 129 Å². The summed E-state index contributed by atoms with van der Waals surface area (Å²) in [6, 6.07) is 30.7. The van der Waals surface area contributed by atoms with Crippen LogP contribution >= 0.6 is 0 Å². The molecule has 150 valence electrons. The zero-order valence-corrected chi connectivity index (χ0v) is 18.6. The van der Waals surface area contributed by atoms with Crippen molar-refractivity contribution in [3.8, 4) is 22.5 Å². The minimum Gasteiger partial charge on any atom is -0.199 e. The Bertz CT molecular complexity index is 1210. The molecule has 2 aromatic heterocycles. The second-order valence-corrected chi connectivity index (χ2v) is 8.11. The first-order valence-corrected chi connectivity index (χ1v) is 10.6. The summed E-state index contributed by atoms with van der Waals surface area (Å²) in [6.07, 6.45) is 0. The predicted octanol–water partition coefficient (Wildman–Crippen LogP) is 5.67. The Morgan fingerprint density at radius 3 is 1.93 bits per heavy atom. The average Bonchev–Trinajstić information content (AvgIpc) is 2.75. The van der Waals surface area contributed by atoms with Crippen molar-refractivity contribution in [1.82, 2.24) is 0 Å². The highest BCUT2D eigenvalue weighted by molar-refractivity contribution is 5.63. The van der Waals surface area contributed by atoms with Gasteiger partial charge in [-0.15, -0.1) is 0 Å². The molecule has 0 aliphatic carbocycles. The van der Waals surface area contributed by atoms with E-state index in [9.17, 15) is 0 Å². The molecule has 0 radical (unpaired) electrons. The van der Waals surface area contributed by atoms with Crippen molar-refractivity contribution in [2.24, 2.45) is 7.05 Å². The van der Waals surface area contributed by atoms with E-state index in [1.165, 1.54) is 45.0 Å². The van der Waals surface area contributed by atoms with Gasteiger partial charge in [-0.05, 0) is 36.8 Å². The number of aryl methyl sites for hydroxylation is 3. The van der Waals surface area contributed by atoms with Crippen LogP contribution in [-0.2, 0) is 7.05 Å². The van der Waals surface area contributed by atoms with E-state index < -0.39 is 0 Å². The maximum Gasteiger partial charge on any atom is 0.213 e. The Kier molecular flexibility index (Phi) is 5.50. The van der Waals surface area contributed by atoms with Gasteiger partial charge in [0.1, 0.15) is 7.05 Å². The van der Waals surface area contributed by atoms with Crippen molar-refractivity contribution in [2.75, 3.05) is 0 Å². The Morgan fingerprint density at radius 1 is 0.600 bits per heavy atom. The van der Waals surface area contributed by atoms with Gasteiger partial charge in [-0.1, -0.05) is 36.4 Å². The molecule has 2 aromatic carbocycles. The van der Waals surface area contributed by atoms with Crippen LogP contribution in [0.25, 0.3) is 22.5 Å². The van der Waals surface area contributed by atoms with E-state index >= 15 is 0 Å². The highest BCUT2D eigenvalue weighted by atomic mass is 15.0. The van der Waals surface area contributed by atoms with Crippen molar-refractivity contribution in [3.63, 3.8) is 0 Å². The summed E-state index contributed by atoms with van der Waals surface area (Å²) in [4.78, 5) is 0. The molecular formula is C28H30N2+2. The minimum atomic E-state index is 0.192. The van der Waals surface area contributed by atoms with Crippen LogP contribution in [0, 0.1) is 20.8 Å². The van der Waals surface area contributed by atoms with Crippen LogP contribution in [0.3, 0.4) is 0 Å². The lowest BCUT2D eigenvalue weighted by atomic mass is 9.96. The summed E-state index contributed by atoms with van der Waals surface area (Å²) in [6.45, 7) is 8.85. The molecule has 30 heavy (non-hydrogen) atoms. The number of rotatable bonds is 4. The molecule has 0 saturated heterocycles. The molecule has 2 nitrogen and oxygen atoms in total. The molecule has 4 aromatic rings. The van der Waals surface area contributed by atoms with Crippen molar-refractivity contribution < 1.29 is 9.13 Å². The zero-order valence-electron chi connectivity index (χ0n) is 18.6. The van der Waals surface area contributed by atoms with E-state index in [4.69, 9.17) is 0 Å². The Hall–Kier alpha value is -3.26. The molecule has 0 amide bonds. The number of nitrogens with zero attached hydrogens (tertiary/aromatic N) is 2. The van der Waals surface area contributed by atoms with Gasteiger partial charge in [0.25, 0.3) is 0 Å². The predicted molar refractivity (Wildman–Crippen MR) is 123 cm³/mol. The Balaban J connectivity index is 1.92. The van der Waals surface area contributed by atoms with E-state index in [-0.39, 0.29) is 6.04 Å². The van der Waals surface area contributed by atoms with Crippen LogP contribution in [0.5, 0.6) is 0 Å². The molecule has 0 spiro atoms. The zero-order chi connectivity index (χ0) is 21.3. The van der Waals surface area contributed by atoms with Crippen LogP contribution in [0.4, 0.5) is 0 Å². The molecule has 1 unspecified atom stereocenters. The molecule has 2 heteroatoms. The summed E-state index contributed by atoms with van der Waals surface area (Å²) in [5.74, 6) is 0. The van der Waals surface area contributed by atoms with Crippen LogP contribution in [0.15, 0.2) is 84.9 Å². The van der Waals surface area contributed by atoms with Crippen LogP contribution in [0.1, 0.15) is 35.5 Å². The van der Waals surface area contributed by atoms with Gasteiger partial charge < -0.3 is 0 Å². The Labute approximate surface area is 180 Å². The third kappa shape index (κ3) is 3.54. The number of hydrogen-bond donors (Lipinski definition) is 0. The first-order chi connectivity index (χ1) is 14.5. The minimum absolute atomic E-state index is 0.192. The molecule has 4 rings (SSSR count). The van der Waals surface area contributed by atoms with E-state index in [0.717, 1.165) is 0 Å². The third-order valence-electron chi connectivity index (χ3n) is 6.21. The monoisotopic (exact) mass is 394 g/mol. The maximum atomic E-state index is 2.47. The molecule has 0 saturated carbocycles. The van der Waals surface area contributed by atoms with E-state index in [0.29, 0.717) is 0 Å². The normalized spacial score (nSPS) is 12.0. The van der Waals surface area contributed by atoms with Gasteiger partial charge in [0.2, 0.25) is 11.4 Å². The first kappa shape index (κ1) is 20.0. The number of benzene rings is 2. The second kappa shape index (κ2) is 8.23. The summed E-state index contributed by atoms with van der Waals surface area (Å²) in [5.41, 5.74) is 10.2. The summed E-state index contributed by atoms with van der Waals surface area (Å²) in [5, 5.41) is 0. The molecule has 0 aliphatic rings. The number of aromatic nitrogens is 2. The topological polar surface area (TPSA) is 7.76 Å². The maximum absolute atomic E-state index is 2.47. The lowest BCUT2D eigenvalue weighted by Gasteiger charge is -2.17. The van der Waals surface area contributed by atoms with Crippen molar-refractivity contribution in [2.45, 2.75) is 33.7 Å². The van der Waals surface area contributed by atoms with Crippen LogP contribution < -0.4 is 9.13 Å². The molecule has 0 bridgehead atoms. The van der Waals surface area contributed by atoms with Gasteiger partial charge in [0, 0.05) is 56.2 Å². The van der Waals surface area contributed by atoms with Gasteiger partial charge in [0.05, 0.1) is 5.56 Å². The lowest BCUT2D eigenvalue weighted by Crippen LogP contribution is -2.44. The molecule has 0 fully saturated rings. The smallest absolute Gasteiger partial charge is 0.199 e. The Morgan fingerprint density at radius 2 is 1.20 bits per heavy atom. The van der Waals surface area contributed by atoms with Gasteiger partial charge >= 0.3 is 0 Å². The fraction of sp³-hybridized carbons (Fsp3) is 0.214. The largest absolute Gasteiger partial charge is 0.213 e. The fourth-order valence-corrected chi connectivity index (χ4v) is 4.42. The molecule has 2 heterocycles.